The highest BCUT2D eigenvalue weighted by Gasteiger charge is 2.38. The summed E-state index contributed by atoms with van der Waals surface area (Å²) in [5.41, 5.74) is 9.66. The Balaban J connectivity index is 1.29. The number of nitrogens with one attached hydrogen (secondary N) is 2. The van der Waals surface area contributed by atoms with Crippen molar-refractivity contribution in [3.05, 3.63) is 82.2 Å². The summed E-state index contributed by atoms with van der Waals surface area (Å²) in [6, 6.07) is 17.8. The molecule has 2 aliphatic rings. The second kappa shape index (κ2) is 9.86. The normalized spacial score (nSPS) is 14.7. The third-order valence-electron chi connectivity index (χ3n) is 6.60. The molecule has 11 heteroatoms. The molecule has 0 spiro atoms. The summed E-state index contributed by atoms with van der Waals surface area (Å²) in [5, 5.41) is 13.5. The number of aromatic nitrogens is 2. The number of carbonyl (C=O) groups is 3. The van der Waals surface area contributed by atoms with Gasteiger partial charge in [0.05, 0.1) is 45.5 Å². The van der Waals surface area contributed by atoms with Gasteiger partial charge in [0.2, 0.25) is 0 Å². The first-order valence-corrected chi connectivity index (χ1v) is 13.0. The summed E-state index contributed by atoms with van der Waals surface area (Å²) in [5.74, 6) is -0.446. The number of rotatable bonds is 6. The van der Waals surface area contributed by atoms with Gasteiger partial charge in [0.1, 0.15) is 5.69 Å². The number of ether oxygens (including phenoxy) is 1. The molecule has 4 N–H and O–H groups in total. The van der Waals surface area contributed by atoms with Crippen LogP contribution in [0.25, 0.3) is 21.8 Å². The molecule has 1 fully saturated rings. The van der Waals surface area contributed by atoms with Gasteiger partial charge in [-0.15, -0.1) is 11.3 Å². The van der Waals surface area contributed by atoms with Crippen LogP contribution < -0.4 is 16.1 Å². The maximum absolute atomic E-state index is 13.8. The van der Waals surface area contributed by atoms with Crippen LogP contribution >= 0.6 is 11.3 Å². The van der Waals surface area contributed by atoms with E-state index in [0.29, 0.717) is 76.4 Å². The van der Waals surface area contributed by atoms with Crippen molar-refractivity contribution < 1.29 is 19.1 Å². The highest BCUT2D eigenvalue weighted by atomic mass is 32.1. The van der Waals surface area contributed by atoms with Crippen LogP contribution in [0.5, 0.6) is 0 Å². The Bertz CT molecular complexity index is 1540. The number of carbonyl (C=O) groups excluding carboxylic acids is 3. The molecule has 1 saturated heterocycles. The lowest BCUT2D eigenvalue weighted by Crippen LogP contribution is -2.54. The number of ketones is 1. The number of anilines is 1. The summed E-state index contributed by atoms with van der Waals surface area (Å²) in [6.07, 6.45) is 0. The van der Waals surface area contributed by atoms with E-state index in [4.69, 9.17) is 10.5 Å². The monoisotopic (exact) mass is 528 g/mol. The van der Waals surface area contributed by atoms with Crippen molar-refractivity contribution >= 4 is 34.7 Å². The van der Waals surface area contributed by atoms with Crippen molar-refractivity contribution in [1.29, 1.82) is 0 Å². The first-order chi connectivity index (χ1) is 18.5. The summed E-state index contributed by atoms with van der Waals surface area (Å²) < 4.78 is 5.41. The Kier molecular flexibility index (Phi) is 6.24. The minimum absolute atomic E-state index is 0.194. The number of nitrogens with two attached hydrogens (primary N) is 1. The molecule has 0 atom stereocenters. The first-order valence-electron chi connectivity index (χ1n) is 12.1. The maximum Gasteiger partial charge on any atom is 0.334 e. The van der Waals surface area contributed by atoms with Crippen molar-refractivity contribution in [2.75, 3.05) is 31.3 Å². The van der Waals surface area contributed by atoms with Crippen molar-refractivity contribution in [3.8, 4) is 21.8 Å². The molecular formula is C27H24N6O4S. The molecule has 10 nitrogen and oxygen atoms in total. The molecule has 192 valence electrons. The number of hydrazine groups is 1. The van der Waals surface area contributed by atoms with E-state index in [2.05, 4.69) is 15.5 Å². The summed E-state index contributed by atoms with van der Waals surface area (Å²) in [4.78, 5) is 40.3. The number of H-pyrrole nitrogens is 1. The van der Waals surface area contributed by atoms with Crippen LogP contribution in [0.1, 0.15) is 31.2 Å². The number of amides is 3. The van der Waals surface area contributed by atoms with E-state index in [9.17, 15) is 14.4 Å². The Hall–Kier alpha value is -4.32. The summed E-state index contributed by atoms with van der Waals surface area (Å²) >= 11 is 1.28. The molecule has 3 amide bonds. The fourth-order valence-corrected chi connectivity index (χ4v) is 5.76. The third kappa shape index (κ3) is 4.16. The van der Waals surface area contributed by atoms with Gasteiger partial charge < -0.3 is 15.8 Å². The number of aromatic amines is 1. The number of hydrogen-bond acceptors (Lipinski definition) is 7. The van der Waals surface area contributed by atoms with Gasteiger partial charge in [-0.3, -0.25) is 14.7 Å². The maximum atomic E-state index is 13.8. The number of thiophene rings is 1. The Morgan fingerprint density at radius 1 is 1.05 bits per heavy atom. The van der Waals surface area contributed by atoms with Gasteiger partial charge in [-0.05, 0) is 23.8 Å². The fraction of sp³-hybridized carbons (Fsp3) is 0.185. The Morgan fingerprint density at radius 2 is 1.84 bits per heavy atom. The Labute approximate surface area is 222 Å². The highest BCUT2D eigenvalue weighted by Crippen LogP contribution is 2.45. The average molecular weight is 529 g/mol. The Morgan fingerprint density at radius 3 is 2.61 bits per heavy atom. The second-order valence-electron chi connectivity index (χ2n) is 8.90. The number of primary amides is 1. The zero-order chi connectivity index (χ0) is 26.2. The van der Waals surface area contributed by atoms with E-state index in [-0.39, 0.29) is 11.7 Å². The van der Waals surface area contributed by atoms with Crippen LogP contribution in [-0.4, -0.2) is 59.2 Å². The number of urea groups is 1. The topological polar surface area (TPSA) is 134 Å². The van der Waals surface area contributed by atoms with Gasteiger partial charge in [0, 0.05) is 25.2 Å². The molecule has 4 aromatic rings. The quantitative estimate of drug-likeness (QED) is 0.309. The molecule has 1 aliphatic carbocycles. The van der Waals surface area contributed by atoms with Gasteiger partial charge in [-0.2, -0.15) is 5.10 Å². The van der Waals surface area contributed by atoms with E-state index < -0.39 is 6.03 Å². The molecule has 0 saturated carbocycles. The van der Waals surface area contributed by atoms with Crippen LogP contribution in [0.15, 0.2) is 60.7 Å². The molecule has 0 radical (unpaired) electrons. The smallest absolute Gasteiger partial charge is 0.334 e. The van der Waals surface area contributed by atoms with Crippen LogP contribution in [0.4, 0.5) is 10.5 Å². The minimum atomic E-state index is -0.677. The summed E-state index contributed by atoms with van der Waals surface area (Å²) in [7, 11) is 0. The molecule has 0 unspecified atom stereocenters. The van der Waals surface area contributed by atoms with Crippen molar-refractivity contribution in [2.45, 2.75) is 6.54 Å². The van der Waals surface area contributed by atoms with Gasteiger partial charge in [0.25, 0.3) is 5.91 Å². The van der Waals surface area contributed by atoms with E-state index in [1.807, 2.05) is 36.4 Å². The van der Waals surface area contributed by atoms with Gasteiger partial charge >= 0.3 is 6.03 Å². The van der Waals surface area contributed by atoms with E-state index >= 15 is 0 Å². The number of fused-ring (bicyclic) bond motifs is 3. The second-order valence-corrected chi connectivity index (χ2v) is 9.98. The highest BCUT2D eigenvalue weighted by molar-refractivity contribution is 7.17. The predicted octanol–water partition coefficient (Wildman–Crippen LogP) is 3.41. The van der Waals surface area contributed by atoms with E-state index in [0.717, 1.165) is 5.56 Å². The van der Waals surface area contributed by atoms with Gasteiger partial charge in [-0.25, -0.2) is 14.8 Å². The molecule has 3 heterocycles. The SMILES string of the molecule is NC(=O)N(c1cccc2c1C(=O)c1c-2n[nH]c1-c1ccc(C(=O)NCc2ccccc2)s1)N1CCOCC1. The third-order valence-corrected chi connectivity index (χ3v) is 7.70. The van der Waals surface area contributed by atoms with Crippen molar-refractivity contribution in [1.82, 2.24) is 20.5 Å². The van der Waals surface area contributed by atoms with Crippen LogP contribution in [0, 0.1) is 0 Å². The molecule has 0 bridgehead atoms. The van der Waals surface area contributed by atoms with Crippen LogP contribution in [0.3, 0.4) is 0 Å². The molecule has 38 heavy (non-hydrogen) atoms. The first kappa shape index (κ1) is 24.0. The fourth-order valence-electron chi connectivity index (χ4n) is 4.84. The molecule has 2 aromatic carbocycles. The molecule has 6 rings (SSSR count). The lowest BCUT2D eigenvalue weighted by atomic mass is 10.1. The van der Waals surface area contributed by atoms with Gasteiger partial charge in [0.15, 0.2) is 5.78 Å². The van der Waals surface area contributed by atoms with Crippen molar-refractivity contribution in [2.24, 2.45) is 5.73 Å². The number of morpholine rings is 1. The molecule has 1 aliphatic heterocycles. The average Bonchev–Trinajstić information content (AvgIpc) is 3.66. The van der Waals surface area contributed by atoms with Crippen molar-refractivity contribution in [3.63, 3.8) is 0 Å². The number of hydrogen-bond donors (Lipinski definition) is 3. The minimum Gasteiger partial charge on any atom is -0.379 e. The summed E-state index contributed by atoms with van der Waals surface area (Å²) in [6.45, 7) is 2.28. The lowest BCUT2D eigenvalue weighted by molar-refractivity contribution is 0.0364. The number of benzene rings is 2. The molecule has 2 aromatic heterocycles. The van der Waals surface area contributed by atoms with Gasteiger partial charge in [-0.1, -0.05) is 42.5 Å². The van der Waals surface area contributed by atoms with E-state index in [1.54, 1.807) is 29.3 Å². The standard InChI is InChI=1S/C27H24N6O4S/c28-27(36)33(32-11-13-37-14-12-32)18-8-4-7-17-21(18)25(34)22-23(17)30-31-24(22)19-9-10-20(38-19)26(35)29-15-16-5-2-1-3-6-16/h1-10H,11-15H2,(H2,28,36)(H,29,35)(H,30,31). The number of nitrogens with zero attached hydrogens (tertiary/aromatic N) is 3. The molecular weight excluding hydrogens is 504 g/mol. The lowest BCUT2D eigenvalue weighted by Gasteiger charge is -2.36. The largest absolute Gasteiger partial charge is 0.379 e. The predicted molar refractivity (Wildman–Crippen MR) is 143 cm³/mol. The van der Waals surface area contributed by atoms with Crippen LogP contribution in [0.2, 0.25) is 0 Å². The zero-order valence-electron chi connectivity index (χ0n) is 20.3. The zero-order valence-corrected chi connectivity index (χ0v) is 21.1. The van der Waals surface area contributed by atoms with Crippen LogP contribution in [-0.2, 0) is 11.3 Å². The van der Waals surface area contributed by atoms with E-state index in [1.165, 1.54) is 16.3 Å².